The Morgan fingerprint density at radius 1 is 0.967 bits per heavy atom. The Balaban J connectivity index is 1.62. The minimum absolute atomic E-state index is 0.254. The van der Waals surface area contributed by atoms with Crippen LogP contribution >= 0.6 is 0 Å². The van der Waals surface area contributed by atoms with E-state index >= 15 is 0 Å². The summed E-state index contributed by atoms with van der Waals surface area (Å²) >= 11 is 0. The number of aliphatic hydroxyl groups is 1. The highest BCUT2D eigenvalue weighted by Crippen LogP contribution is 2.18. The number of hydrogen-bond acceptors (Lipinski definition) is 4. The van der Waals surface area contributed by atoms with E-state index in [-0.39, 0.29) is 6.61 Å². The first-order valence-corrected chi connectivity index (χ1v) is 10.6. The lowest BCUT2D eigenvalue weighted by Gasteiger charge is -2.25. The summed E-state index contributed by atoms with van der Waals surface area (Å²) in [6, 6.07) is 18.7. The number of benzene rings is 2. The van der Waals surface area contributed by atoms with Crippen LogP contribution in [0, 0.1) is 13.8 Å². The number of nitrogens with zero attached hydrogens (tertiary/aromatic N) is 1. The van der Waals surface area contributed by atoms with E-state index in [1.807, 2.05) is 38.1 Å². The molecule has 1 unspecified atom stereocenters. The minimum atomic E-state index is -0.601. The molecule has 0 bridgehead atoms. The number of aryl methyl sites for hydroxylation is 2. The predicted octanol–water partition coefficient (Wildman–Crippen LogP) is 5.46. The Morgan fingerprint density at radius 2 is 1.67 bits per heavy atom. The highest BCUT2D eigenvalue weighted by molar-refractivity contribution is 5.33. The molecule has 0 fully saturated rings. The molecule has 0 spiro atoms. The maximum atomic E-state index is 10.6. The summed E-state index contributed by atoms with van der Waals surface area (Å²) < 4.78 is 11.4. The largest absolute Gasteiger partial charge is 0.491 e. The molecular formula is C26H33NO3. The van der Waals surface area contributed by atoms with E-state index in [1.165, 1.54) is 11.1 Å². The molecule has 4 heteroatoms. The highest BCUT2D eigenvalue weighted by atomic mass is 16.5. The van der Waals surface area contributed by atoms with Gasteiger partial charge in [-0.1, -0.05) is 44.2 Å². The Bertz CT molecular complexity index is 880. The average molecular weight is 408 g/mol. The zero-order valence-electron chi connectivity index (χ0n) is 18.5. The zero-order chi connectivity index (χ0) is 21.5. The van der Waals surface area contributed by atoms with Crippen molar-refractivity contribution >= 4 is 0 Å². The molecule has 4 nitrogen and oxygen atoms in total. The molecule has 0 radical (unpaired) electrons. The van der Waals surface area contributed by atoms with Gasteiger partial charge >= 0.3 is 0 Å². The van der Waals surface area contributed by atoms with E-state index in [0.29, 0.717) is 19.0 Å². The average Bonchev–Trinajstić information content (AvgIpc) is 3.19. The van der Waals surface area contributed by atoms with Crippen LogP contribution in [0.1, 0.15) is 47.8 Å². The van der Waals surface area contributed by atoms with E-state index < -0.39 is 6.10 Å². The summed E-state index contributed by atoms with van der Waals surface area (Å²) in [6.45, 7) is 10.6. The first kappa shape index (κ1) is 22.1. The molecule has 1 aromatic heterocycles. The fraction of sp³-hybridized carbons (Fsp3) is 0.385. The summed E-state index contributed by atoms with van der Waals surface area (Å²) in [4.78, 5) is 2.19. The van der Waals surface area contributed by atoms with Gasteiger partial charge in [-0.05, 0) is 66.3 Å². The third-order valence-corrected chi connectivity index (χ3v) is 5.12. The Kier molecular flexibility index (Phi) is 7.72. The molecule has 0 aliphatic rings. The molecule has 1 atom stereocenters. The molecule has 0 aliphatic heterocycles. The molecule has 1 heterocycles. The Labute approximate surface area is 180 Å². The number of ether oxygens (including phenoxy) is 1. The van der Waals surface area contributed by atoms with Crippen molar-refractivity contribution < 1.29 is 14.3 Å². The summed E-state index contributed by atoms with van der Waals surface area (Å²) in [6.07, 6.45) is 1.08. The Hall–Kier alpha value is -2.56. The topological polar surface area (TPSA) is 45.8 Å². The normalized spacial score (nSPS) is 12.5. The van der Waals surface area contributed by atoms with E-state index in [0.717, 1.165) is 29.2 Å². The van der Waals surface area contributed by atoms with Gasteiger partial charge in [0.05, 0.1) is 12.8 Å². The number of furan rings is 1. The van der Waals surface area contributed by atoms with E-state index in [2.05, 4.69) is 49.1 Å². The van der Waals surface area contributed by atoms with Gasteiger partial charge in [-0.2, -0.15) is 0 Å². The summed E-state index contributed by atoms with van der Waals surface area (Å²) in [5.41, 5.74) is 4.86. The number of rotatable bonds is 10. The van der Waals surface area contributed by atoms with Crippen LogP contribution in [0.2, 0.25) is 0 Å². The van der Waals surface area contributed by atoms with Gasteiger partial charge in [0.15, 0.2) is 0 Å². The first-order valence-electron chi connectivity index (χ1n) is 10.6. The van der Waals surface area contributed by atoms with Crippen LogP contribution in [-0.4, -0.2) is 29.3 Å². The van der Waals surface area contributed by atoms with Gasteiger partial charge < -0.3 is 14.3 Å². The molecule has 30 heavy (non-hydrogen) atoms. The Morgan fingerprint density at radius 3 is 2.27 bits per heavy atom. The van der Waals surface area contributed by atoms with Crippen LogP contribution in [0.15, 0.2) is 65.3 Å². The lowest BCUT2D eigenvalue weighted by molar-refractivity contribution is 0.0604. The van der Waals surface area contributed by atoms with Gasteiger partial charge in [0, 0.05) is 13.1 Å². The molecule has 2 aromatic carbocycles. The summed E-state index contributed by atoms with van der Waals surface area (Å²) in [5, 5.41) is 10.6. The number of aliphatic hydroxyl groups excluding tert-OH is 1. The van der Waals surface area contributed by atoms with Crippen molar-refractivity contribution in [2.24, 2.45) is 0 Å². The van der Waals surface area contributed by atoms with Crippen molar-refractivity contribution in [1.29, 1.82) is 0 Å². The maximum absolute atomic E-state index is 10.6. The summed E-state index contributed by atoms with van der Waals surface area (Å²) in [7, 11) is 0. The van der Waals surface area contributed by atoms with Crippen LogP contribution < -0.4 is 4.74 Å². The van der Waals surface area contributed by atoms with Gasteiger partial charge in [-0.25, -0.2) is 0 Å². The van der Waals surface area contributed by atoms with Crippen molar-refractivity contribution in [1.82, 2.24) is 4.90 Å². The fourth-order valence-electron chi connectivity index (χ4n) is 3.63. The van der Waals surface area contributed by atoms with Crippen molar-refractivity contribution in [2.45, 2.75) is 52.8 Å². The SMILES string of the molecule is Cc1cc(C)cc(OCC(O)CN(Cc2ccc(C(C)C)cc2)Cc2ccco2)c1. The van der Waals surface area contributed by atoms with E-state index in [1.54, 1.807) is 6.26 Å². The quantitative estimate of drug-likeness (QED) is 0.485. The van der Waals surface area contributed by atoms with E-state index in [4.69, 9.17) is 9.15 Å². The second-order valence-electron chi connectivity index (χ2n) is 8.43. The molecule has 3 aromatic rings. The van der Waals surface area contributed by atoms with Crippen molar-refractivity contribution in [3.63, 3.8) is 0 Å². The lowest BCUT2D eigenvalue weighted by atomic mass is 10.0. The molecule has 0 amide bonds. The van der Waals surface area contributed by atoms with Crippen LogP contribution in [-0.2, 0) is 13.1 Å². The van der Waals surface area contributed by atoms with Crippen LogP contribution in [0.5, 0.6) is 5.75 Å². The lowest BCUT2D eigenvalue weighted by Crippen LogP contribution is -2.35. The molecule has 1 N–H and O–H groups in total. The second-order valence-corrected chi connectivity index (χ2v) is 8.43. The molecule has 0 saturated carbocycles. The molecule has 0 aliphatic carbocycles. The molecule has 0 saturated heterocycles. The van der Waals surface area contributed by atoms with Crippen molar-refractivity contribution in [2.75, 3.05) is 13.2 Å². The standard InChI is InChI=1S/C26H33NO3/c1-19(2)23-9-7-22(8-10-23)15-27(17-25-6-5-11-29-25)16-24(28)18-30-26-13-20(3)12-21(4)14-26/h5-14,19,24,28H,15-18H2,1-4H3. The molecular weight excluding hydrogens is 374 g/mol. The van der Waals surface area contributed by atoms with E-state index in [9.17, 15) is 5.11 Å². The molecule has 160 valence electrons. The van der Waals surface area contributed by atoms with Crippen molar-refractivity contribution in [3.8, 4) is 5.75 Å². The van der Waals surface area contributed by atoms with Crippen LogP contribution in [0.3, 0.4) is 0 Å². The van der Waals surface area contributed by atoms with Crippen LogP contribution in [0.25, 0.3) is 0 Å². The number of hydrogen-bond donors (Lipinski definition) is 1. The fourth-order valence-corrected chi connectivity index (χ4v) is 3.63. The summed E-state index contributed by atoms with van der Waals surface area (Å²) in [5.74, 6) is 2.20. The van der Waals surface area contributed by atoms with Gasteiger partial charge in [0.1, 0.15) is 24.2 Å². The molecule has 3 rings (SSSR count). The minimum Gasteiger partial charge on any atom is -0.491 e. The van der Waals surface area contributed by atoms with Gasteiger partial charge in [-0.3, -0.25) is 4.90 Å². The second kappa shape index (κ2) is 10.5. The highest BCUT2D eigenvalue weighted by Gasteiger charge is 2.15. The third kappa shape index (κ3) is 6.75. The monoisotopic (exact) mass is 407 g/mol. The van der Waals surface area contributed by atoms with Gasteiger partial charge in [0.25, 0.3) is 0 Å². The zero-order valence-corrected chi connectivity index (χ0v) is 18.5. The van der Waals surface area contributed by atoms with Gasteiger partial charge in [0.2, 0.25) is 0 Å². The van der Waals surface area contributed by atoms with Crippen LogP contribution in [0.4, 0.5) is 0 Å². The maximum Gasteiger partial charge on any atom is 0.119 e. The first-order chi connectivity index (χ1) is 14.4. The van der Waals surface area contributed by atoms with Gasteiger partial charge in [-0.15, -0.1) is 0 Å². The predicted molar refractivity (Wildman–Crippen MR) is 121 cm³/mol. The smallest absolute Gasteiger partial charge is 0.119 e. The third-order valence-electron chi connectivity index (χ3n) is 5.12. The van der Waals surface area contributed by atoms with Crippen molar-refractivity contribution in [3.05, 3.63) is 88.9 Å².